The number of aliphatic carboxylic acids is 1. The highest BCUT2D eigenvalue weighted by molar-refractivity contribution is 6.50. The average molecular weight is 413 g/mol. The monoisotopic (exact) mass is 413 g/mol. The lowest BCUT2D eigenvalue weighted by atomic mass is 9.95. The molecule has 0 bridgehead atoms. The first-order valence-electron chi connectivity index (χ1n) is 9.97. The summed E-state index contributed by atoms with van der Waals surface area (Å²) >= 11 is 0. The van der Waals surface area contributed by atoms with E-state index in [0.717, 1.165) is 22.8 Å². The van der Waals surface area contributed by atoms with Gasteiger partial charge in [0.05, 0.1) is 11.1 Å². The maximum absolute atomic E-state index is 12.9. The summed E-state index contributed by atoms with van der Waals surface area (Å²) in [5, 5.41) is 13.3. The van der Waals surface area contributed by atoms with Gasteiger partial charge in [0.25, 0.3) is 11.8 Å². The first kappa shape index (κ1) is 18.9. The average Bonchev–Trinajstić information content (AvgIpc) is 3.39. The van der Waals surface area contributed by atoms with Crippen LogP contribution in [0.2, 0.25) is 0 Å². The second-order valence-electron chi connectivity index (χ2n) is 7.46. The van der Waals surface area contributed by atoms with Crippen molar-refractivity contribution in [1.29, 1.82) is 0 Å². The number of nitrogens with zero attached hydrogens (tertiary/aromatic N) is 2. The minimum atomic E-state index is -0.987. The molecular formula is C24H19N3O4. The normalized spacial score (nSPS) is 14.1. The molecule has 2 aromatic carbocycles. The van der Waals surface area contributed by atoms with Crippen molar-refractivity contribution in [3.63, 3.8) is 0 Å². The van der Waals surface area contributed by atoms with Crippen LogP contribution < -0.4 is 5.32 Å². The zero-order valence-corrected chi connectivity index (χ0v) is 16.8. The topological polar surface area (TPSA) is 93.3 Å². The van der Waals surface area contributed by atoms with Gasteiger partial charge >= 0.3 is 5.97 Å². The third-order valence-electron chi connectivity index (χ3n) is 5.69. The van der Waals surface area contributed by atoms with Crippen molar-refractivity contribution in [2.24, 2.45) is 0 Å². The number of benzene rings is 2. The maximum atomic E-state index is 12.9. The summed E-state index contributed by atoms with van der Waals surface area (Å²) in [6, 6.07) is 15.0. The van der Waals surface area contributed by atoms with E-state index in [1.807, 2.05) is 60.2 Å². The van der Waals surface area contributed by atoms with Gasteiger partial charge in [-0.25, -0.2) is 0 Å². The summed E-state index contributed by atoms with van der Waals surface area (Å²) in [4.78, 5) is 37.2. The molecule has 0 saturated carbocycles. The number of para-hydroxylation sites is 2. The third kappa shape index (κ3) is 2.85. The zero-order valence-electron chi connectivity index (χ0n) is 16.8. The van der Waals surface area contributed by atoms with Crippen LogP contribution in [-0.2, 0) is 27.5 Å². The van der Waals surface area contributed by atoms with Crippen LogP contribution in [0.5, 0.6) is 0 Å². The molecule has 1 aliphatic heterocycles. The lowest BCUT2D eigenvalue weighted by molar-refractivity contribution is -0.137. The molecule has 2 amide bonds. The van der Waals surface area contributed by atoms with Crippen LogP contribution in [0.25, 0.3) is 33.0 Å². The van der Waals surface area contributed by atoms with Gasteiger partial charge in [-0.15, -0.1) is 0 Å². The van der Waals surface area contributed by atoms with Crippen LogP contribution in [0, 0.1) is 0 Å². The number of carbonyl (C=O) groups excluding carboxylic acids is 2. The quantitative estimate of drug-likeness (QED) is 0.491. The molecule has 154 valence electrons. The molecule has 2 N–H and O–H groups in total. The van der Waals surface area contributed by atoms with E-state index in [0.29, 0.717) is 22.2 Å². The Morgan fingerprint density at radius 3 is 1.84 bits per heavy atom. The number of rotatable bonds is 5. The Hall–Kier alpha value is -4.13. The van der Waals surface area contributed by atoms with E-state index >= 15 is 0 Å². The first-order valence-corrected chi connectivity index (χ1v) is 9.97. The second-order valence-corrected chi connectivity index (χ2v) is 7.46. The van der Waals surface area contributed by atoms with Crippen molar-refractivity contribution >= 4 is 50.7 Å². The van der Waals surface area contributed by atoms with Crippen molar-refractivity contribution < 1.29 is 19.5 Å². The number of hydrogen-bond donors (Lipinski definition) is 2. The Labute approximate surface area is 177 Å². The smallest absolute Gasteiger partial charge is 0.323 e. The Bertz CT molecular complexity index is 1440. The summed E-state index contributed by atoms with van der Waals surface area (Å²) in [6.45, 7) is 2.50. The molecule has 4 aromatic rings. The fraction of sp³-hybridized carbons (Fsp3) is 0.125. The molecule has 1 aliphatic rings. The number of nitrogens with one attached hydrogen (secondary N) is 1. The van der Waals surface area contributed by atoms with Crippen LogP contribution in [0.3, 0.4) is 0 Å². The fourth-order valence-corrected chi connectivity index (χ4v) is 4.40. The number of carboxylic acid groups (broad SMARTS) is 1. The molecule has 7 heteroatoms. The number of hydrogen-bond acceptors (Lipinski definition) is 3. The van der Waals surface area contributed by atoms with Crippen molar-refractivity contribution in [3.05, 3.63) is 72.1 Å². The molecule has 0 spiro atoms. The van der Waals surface area contributed by atoms with Crippen molar-refractivity contribution in [2.45, 2.75) is 20.0 Å². The largest absolute Gasteiger partial charge is 0.480 e. The van der Waals surface area contributed by atoms with E-state index in [2.05, 4.69) is 5.32 Å². The molecule has 31 heavy (non-hydrogen) atoms. The predicted octanol–water partition coefficient (Wildman–Crippen LogP) is 3.27. The minimum absolute atomic E-state index is 0.242. The van der Waals surface area contributed by atoms with Gasteiger partial charge in [0, 0.05) is 51.9 Å². The fourth-order valence-electron chi connectivity index (χ4n) is 4.40. The Morgan fingerprint density at radius 1 is 0.839 bits per heavy atom. The summed E-state index contributed by atoms with van der Waals surface area (Å²) in [7, 11) is 0. The van der Waals surface area contributed by atoms with Crippen molar-refractivity contribution in [3.8, 4) is 0 Å². The van der Waals surface area contributed by atoms with Gasteiger partial charge < -0.3 is 14.2 Å². The van der Waals surface area contributed by atoms with Gasteiger partial charge in [-0.05, 0) is 19.1 Å². The number of carboxylic acids is 1. The highest BCUT2D eigenvalue weighted by Crippen LogP contribution is 2.38. The summed E-state index contributed by atoms with van der Waals surface area (Å²) in [6.07, 6.45) is 3.54. The summed E-state index contributed by atoms with van der Waals surface area (Å²) in [5.41, 5.74) is 3.48. The first-order chi connectivity index (χ1) is 15.0. The van der Waals surface area contributed by atoms with Gasteiger partial charge in [-0.2, -0.15) is 0 Å². The van der Waals surface area contributed by atoms with E-state index in [1.165, 1.54) is 0 Å². The molecule has 2 aromatic heterocycles. The highest BCUT2D eigenvalue weighted by Gasteiger charge is 2.35. The molecule has 0 aliphatic carbocycles. The molecular weight excluding hydrogens is 394 g/mol. The van der Waals surface area contributed by atoms with Crippen LogP contribution in [-0.4, -0.2) is 32.0 Å². The van der Waals surface area contributed by atoms with Gasteiger partial charge in [-0.1, -0.05) is 36.4 Å². The van der Waals surface area contributed by atoms with Gasteiger partial charge in [-0.3, -0.25) is 19.7 Å². The minimum Gasteiger partial charge on any atom is -0.480 e. The summed E-state index contributed by atoms with van der Waals surface area (Å²) in [5.74, 6) is -1.92. The molecule has 0 fully saturated rings. The van der Waals surface area contributed by atoms with Gasteiger partial charge in [0.2, 0.25) is 0 Å². The molecule has 3 heterocycles. The number of aryl methyl sites for hydroxylation is 1. The number of fused-ring (bicyclic) bond motifs is 2. The molecule has 5 rings (SSSR count). The molecule has 7 nitrogen and oxygen atoms in total. The molecule has 0 atom stereocenters. The standard InChI is InChI=1S/C24H19N3O4/c1-2-26-11-16(14-7-3-5-9-18(14)26)21-22(24(31)25-23(21)30)17-12-27(13-20(28)29)19-10-6-4-8-15(17)19/h3-12H,2,13H2,1H3,(H,28,29)(H,25,30,31). The molecule has 0 radical (unpaired) electrons. The number of amides is 2. The number of aromatic nitrogens is 2. The highest BCUT2D eigenvalue weighted by atomic mass is 16.4. The molecule has 0 saturated heterocycles. The lowest BCUT2D eigenvalue weighted by Crippen LogP contribution is -2.22. The molecule has 0 unspecified atom stereocenters. The second kappa shape index (κ2) is 6.98. The maximum Gasteiger partial charge on any atom is 0.323 e. The van der Waals surface area contributed by atoms with E-state index in [1.54, 1.807) is 16.8 Å². The van der Waals surface area contributed by atoms with E-state index in [9.17, 15) is 19.5 Å². The zero-order chi connectivity index (χ0) is 21.7. The van der Waals surface area contributed by atoms with E-state index < -0.39 is 17.8 Å². The van der Waals surface area contributed by atoms with Crippen LogP contribution in [0.4, 0.5) is 0 Å². The summed E-state index contributed by atoms with van der Waals surface area (Å²) < 4.78 is 3.63. The number of imide groups is 1. The Kier molecular flexibility index (Phi) is 4.25. The van der Waals surface area contributed by atoms with Gasteiger partial charge in [0.1, 0.15) is 6.54 Å². The Morgan fingerprint density at radius 2 is 1.32 bits per heavy atom. The third-order valence-corrected chi connectivity index (χ3v) is 5.69. The van der Waals surface area contributed by atoms with Crippen molar-refractivity contribution in [1.82, 2.24) is 14.5 Å². The SMILES string of the molecule is CCn1cc(C2=C(c3cn(CC(=O)O)c4ccccc34)C(=O)NC2=O)c2ccccc21. The van der Waals surface area contributed by atoms with Crippen molar-refractivity contribution in [2.75, 3.05) is 0 Å². The van der Waals surface area contributed by atoms with Gasteiger partial charge in [0.15, 0.2) is 0 Å². The Balaban J connectivity index is 1.83. The van der Waals surface area contributed by atoms with E-state index in [-0.39, 0.29) is 12.1 Å². The lowest BCUT2D eigenvalue weighted by Gasteiger charge is -2.03. The predicted molar refractivity (Wildman–Crippen MR) is 117 cm³/mol. The van der Waals surface area contributed by atoms with E-state index in [4.69, 9.17) is 0 Å². The van der Waals surface area contributed by atoms with Crippen LogP contribution >= 0.6 is 0 Å². The van der Waals surface area contributed by atoms with Crippen LogP contribution in [0.1, 0.15) is 18.1 Å². The van der Waals surface area contributed by atoms with Crippen LogP contribution in [0.15, 0.2) is 60.9 Å². The number of carbonyl (C=O) groups is 3.